The van der Waals surface area contributed by atoms with E-state index in [-0.39, 0.29) is 37.7 Å². The second kappa shape index (κ2) is 11.0. The van der Waals surface area contributed by atoms with Gasteiger partial charge >= 0.3 is 37.7 Å². The largest absolute Gasteiger partial charge is 1.00 e. The van der Waals surface area contributed by atoms with Crippen LogP contribution in [-0.4, -0.2) is 0 Å². The summed E-state index contributed by atoms with van der Waals surface area (Å²) in [5, 5.41) is 2.42. The van der Waals surface area contributed by atoms with Crippen molar-refractivity contribution < 1.29 is 37.7 Å². The van der Waals surface area contributed by atoms with Crippen LogP contribution in [0.4, 0.5) is 0 Å². The van der Waals surface area contributed by atoms with Gasteiger partial charge < -0.3 is 0 Å². The molecule has 0 amide bonds. The van der Waals surface area contributed by atoms with Crippen molar-refractivity contribution in [3.63, 3.8) is 0 Å². The van der Waals surface area contributed by atoms with Crippen LogP contribution >= 0.6 is 0 Å². The first-order chi connectivity index (χ1) is 10.9. The molecular formula is C22H18Li2. The summed E-state index contributed by atoms with van der Waals surface area (Å²) in [5.41, 5.74) is 2.44. The molecule has 1 aromatic rings. The predicted octanol–water partition coefficient (Wildman–Crippen LogP) is -2.23. The molecule has 108 valence electrons. The number of benzene rings is 1. The van der Waals surface area contributed by atoms with Crippen molar-refractivity contribution in [1.82, 2.24) is 0 Å². The quantitative estimate of drug-likeness (QED) is 0.428. The summed E-state index contributed by atoms with van der Waals surface area (Å²) in [7, 11) is 0. The van der Waals surface area contributed by atoms with Gasteiger partial charge in [0.25, 0.3) is 0 Å². The molecule has 2 aliphatic rings. The first-order valence-electron chi connectivity index (χ1n) is 7.46. The van der Waals surface area contributed by atoms with Gasteiger partial charge in [0, 0.05) is 0 Å². The molecule has 0 spiro atoms. The second-order valence-corrected chi connectivity index (χ2v) is 5.15. The standard InChI is InChI=1S/C22H18.2Li/c1-3-7-19(8-4-1)11-13-21-15-17-22(18-16-21)14-12-20-9-5-2-6-10-20;;/h1-18H;;/q-2;2*+1. The minimum absolute atomic E-state index is 0. The molecule has 0 N–H and O–H groups in total. The molecule has 0 atom stereocenters. The van der Waals surface area contributed by atoms with Gasteiger partial charge in [-0.1, -0.05) is 48.6 Å². The number of hydrogen-bond donors (Lipinski definition) is 0. The van der Waals surface area contributed by atoms with Crippen molar-refractivity contribution in [2.24, 2.45) is 0 Å². The Labute approximate surface area is 168 Å². The molecule has 0 heterocycles. The van der Waals surface area contributed by atoms with E-state index < -0.39 is 0 Å². The summed E-state index contributed by atoms with van der Waals surface area (Å²) in [6.45, 7) is 0. The van der Waals surface area contributed by atoms with Crippen molar-refractivity contribution >= 4 is 12.2 Å². The van der Waals surface area contributed by atoms with Gasteiger partial charge in [-0.05, 0) is 10.4 Å². The van der Waals surface area contributed by atoms with E-state index in [0.29, 0.717) is 0 Å². The van der Waals surface area contributed by atoms with E-state index in [1.165, 1.54) is 21.6 Å². The summed E-state index contributed by atoms with van der Waals surface area (Å²) >= 11 is 0. The molecule has 0 fully saturated rings. The third kappa shape index (κ3) is 6.45. The third-order valence-electron chi connectivity index (χ3n) is 3.47. The average molecular weight is 296 g/mol. The fraction of sp³-hybridized carbons (Fsp3) is 0. The SMILES string of the molecule is C1=CC(=CC=c2ccc(=CC=C3C=C[CH-]C=C3)cc2)C=C[CH-]1.[Li+].[Li+]. The Balaban J connectivity index is 0.00000144. The number of hydrogen-bond acceptors (Lipinski definition) is 0. The molecule has 0 bridgehead atoms. The van der Waals surface area contributed by atoms with E-state index in [4.69, 9.17) is 0 Å². The van der Waals surface area contributed by atoms with Gasteiger partial charge in [0.2, 0.25) is 0 Å². The Morgan fingerprint density at radius 3 is 1.17 bits per heavy atom. The fourth-order valence-electron chi connectivity index (χ4n) is 2.23. The van der Waals surface area contributed by atoms with E-state index in [9.17, 15) is 0 Å². The Kier molecular flexibility index (Phi) is 9.33. The number of allylic oxidation sites excluding steroid dienone is 12. The molecular weight excluding hydrogens is 278 g/mol. The van der Waals surface area contributed by atoms with Gasteiger partial charge in [-0.15, -0.1) is 11.1 Å². The first-order valence-corrected chi connectivity index (χ1v) is 7.46. The third-order valence-corrected chi connectivity index (χ3v) is 3.47. The van der Waals surface area contributed by atoms with E-state index in [0.717, 1.165) is 0 Å². The van der Waals surface area contributed by atoms with Gasteiger partial charge in [-0.3, -0.25) is 0 Å². The van der Waals surface area contributed by atoms with E-state index >= 15 is 0 Å². The molecule has 1 aromatic carbocycles. The minimum atomic E-state index is 0. The van der Waals surface area contributed by atoms with Crippen LogP contribution in [0.2, 0.25) is 0 Å². The maximum Gasteiger partial charge on any atom is 1.00 e. The van der Waals surface area contributed by atoms with Crippen molar-refractivity contribution in [2.45, 2.75) is 0 Å². The summed E-state index contributed by atoms with van der Waals surface area (Å²) < 4.78 is 0. The molecule has 0 aliphatic heterocycles. The molecule has 0 saturated heterocycles. The summed E-state index contributed by atoms with van der Waals surface area (Å²) in [6.07, 6.45) is 29.2. The van der Waals surface area contributed by atoms with Crippen LogP contribution in [0.5, 0.6) is 0 Å². The summed E-state index contributed by atoms with van der Waals surface area (Å²) in [4.78, 5) is 0. The first kappa shape index (κ1) is 20.4. The van der Waals surface area contributed by atoms with Crippen LogP contribution in [0, 0.1) is 12.8 Å². The van der Waals surface area contributed by atoms with Crippen molar-refractivity contribution in [3.8, 4) is 0 Å². The smallest absolute Gasteiger partial charge is 0.172 e. The Bertz CT molecular complexity index is 709. The molecule has 0 radical (unpaired) electrons. The predicted molar refractivity (Wildman–Crippen MR) is 95.9 cm³/mol. The van der Waals surface area contributed by atoms with Gasteiger partial charge in [-0.2, -0.15) is 61.4 Å². The van der Waals surface area contributed by atoms with E-state index in [2.05, 4.69) is 97.2 Å². The molecule has 0 aromatic heterocycles. The molecule has 0 nitrogen and oxygen atoms in total. The molecule has 0 unspecified atom stereocenters. The maximum absolute atomic E-state index is 2.14. The normalized spacial score (nSPS) is 13.8. The van der Waals surface area contributed by atoms with Crippen LogP contribution in [0.25, 0.3) is 12.2 Å². The fourth-order valence-corrected chi connectivity index (χ4v) is 2.23. The number of rotatable bonds is 2. The summed E-state index contributed by atoms with van der Waals surface area (Å²) in [5.74, 6) is 0. The van der Waals surface area contributed by atoms with Crippen LogP contribution in [0.3, 0.4) is 0 Å². The molecule has 2 heteroatoms. The Morgan fingerprint density at radius 2 is 0.833 bits per heavy atom. The van der Waals surface area contributed by atoms with Crippen molar-refractivity contribution in [1.29, 1.82) is 0 Å². The van der Waals surface area contributed by atoms with Crippen LogP contribution in [0.1, 0.15) is 0 Å². The van der Waals surface area contributed by atoms with Gasteiger partial charge in [0.15, 0.2) is 0 Å². The second-order valence-electron chi connectivity index (χ2n) is 5.15. The van der Waals surface area contributed by atoms with E-state index in [1.807, 2.05) is 12.8 Å². The zero-order valence-electron chi connectivity index (χ0n) is 14.4. The average Bonchev–Trinajstić information content (AvgIpc) is 2.61. The molecule has 0 saturated carbocycles. The maximum atomic E-state index is 2.14. The van der Waals surface area contributed by atoms with Crippen LogP contribution in [0.15, 0.2) is 96.2 Å². The summed E-state index contributed by atoms with van der Waals surface area (Å²) in [6, 6.07) is 8.57. The van der Waals surface area contributed by atoms with Crippen LogP contribution in [-0.2, 0) is 0 Å². The topological polar surface area (TPSA) is 0 Å². The zero-order chi connectivity index (χ0) is 15.0. The van der Waals surface area contributed by atoms with E-state index in [1.54, 1.807) is 0 Å². The molecule has 24 heavy (non-hydrogen) atoms. The van der Waals surface area contributed by atoms with Crippen molar-refractivity contribution in [2.75, 3.05) is 0 Å². The zero-order valence-corrected chi connectivity index (χ0v) is 14.4. The van der Waals surface area contributed by atoms with Gasteiger partial charge in [-0.25, -0.2) is 0 Å². The van der Waals surface area contributed by atoms with Crippen molar-refractivity contribution in [3.05, 3.63) is 119 Å². The monoisotopic (exact) mass is 296 g/mol. The van der Waals surface area contributed by atoms with Gasteiger partial charge in [0.1, 0.15) is 0 Å². The molecule has 3 rings (SSSR count). The minimum Gasteiger partial charge on any atom is -0.172 e. The van der Waals surface area contributed by atoms with Gasteiger partial charge in [0.05, 0.1) is 0 Å². The molecule has 2 aliphatic carbocycles. The Hall–Kier alpha value is -1.67. The Morgan fingerprint density at radius 1 is 0.500 bits per heavy atom. The van der Waals surface area contributed by atoms with Crippen LogP contribution < -0.4 is 48.2 Å².